The van der Waals surface area contributed by atoms with Gasteiger partial charge in [0.05, 0.1) is 0 Å². The molecule has 0 radical (unpaired) electrons. The van der Waals surface area contributed by atoms with E-state index in [-0.39, 0.29) is 44.2 Å². The quantitative estimate of drug-likeness (QED) is 0.582. The third-order valence-electron chi connectivity index (χ3n) is 1.86. The number of hydrogen-bond donors (Lipinski definition) is 2. The number of rotatable bonds is 4. The summed E-state index contributed by atoms with van der Waals surface area (Å²) in [6.07, 6.45) is 0.272. The van der Waals surface area contributed by atoms with Crippen molar-refractivity contribution in [1.29, 1.82) is 0 Å². The summed E-state index contributed by atoms with van der Waals surface area (Å²) in [6, 6.07) is 6.62. The first-order valence-corrected chi connectivity index (χ1v) is 5.50. The van der Waals surface area contributed by atoms with Gasteiger partial charge in [0.15, 0.2) is 0 Å². The topological polar surface area (TPSA) is 74.6 Å². The monoisotopic (exact) mass is 256 g/mol. The van der Waals surface area contributed by atoms with Gasteiger partial charge >= 0.3 is 43.7 Å². The summed E-state index contributed by atoms with van der Waals surface area (Å²) in [5, 5.41) is 8.83. The van der Waals surface area contributed by atoms with Gasteiger partial charge in [0.2, 0.25) is 8.03 Å². The van der Waals surface area contributed by atoms with E-state index in [1.54, 1.807) is 24.3 Å². The van der Waals surface area contributed by atoms with Gasteiger partial charge < -0.3 is 10.00 Å². The third kappa shape index (κ3) is 5.14. The van der Waals surface area contributed by atoms with Crippen molar-refractivity contribution in [3.8, 4) is 0 Å². The normalized spacial score (nSPS) is 11.5. The number of hydrogen-bond acceptors (Lipinski definition) is 2. The SMILES string of the molecule is O=C(O)CCc1ccccc1[PH](=O)O.[CaH2]. The Bertz CT molecular complexity index is 367. The number of carbonyl (C=O) groups is 1. The second-order valence-electron chi connectivity index (χ2n) is 2.86. The van der Waals surface area contributed by atoms with E-state index in [4.69, 9.17) is 10.00 Å². The Morgan fingerprint density at radius 2 is 1.93 bits per heavy atom. The molecule has 0 aliphatic carbocycles. The Kier molecular flexibility index (Phi) is 7.49. The first-order valence-electron chi connectivity index (χ1n) is 4.14. The molecule has 0 aromatic heterocycles. The second kappa shape index (κ2) is 7.42. The van der Waals surface area contributed by atoms with E-state index in [0.717, 1.165) is 0 Å². The average Bonchev–Trinajstić information content (AvgIpc) is 2.15. The third-order valence-corrected chi connectivity index (χ3v) is 2.80. The van der Waals surface area contributed by atoms with Gasteiger partial charge in [0, 0.05) is 11.7 Å². The summed E-state index contributed by atoms with van der Waals surface area (Å²) in [5.74, 6) is -0.905. The van der Waals surface area contributed by atoms with Crippen LogP contribution in [0.5, 0.6) is 0 Å². The second-order valence-corrected chi connectivity index (χ2v) is 4.01. The summed E-state index contributed by atoms with van der Waals surface area (Å²) in [6.45, 7) is 0. The van der Waals surface area contributed by atoms with Crippen LogP contribution in [0.3, 0.4) is 0 Å². The van der Waals surface area contributed by atoms with Gasteiger partial charge in [-0.1, -0.05) is 18.2 Å². The summed E-state index contributed by atoms with van der Waals surface area (Å²) in [7, 11) is -2.73. The fourth-order valence-corrected chi connectivity index (χ4v) is 1.91. The molecule has 0 aliphatic heterocycles. The van der Waals surface area contributed by atoms with Crippen molar-refractivity contribution in [2.75, 3.05) is 0 Å². The maximum atomic E-state index is 10.9. The van der Waals surface area contributed by atoms with Gasteiger partial charge in [-0.05, 0) is 18.1 Å². The predicted molar refractivity (Wildman–Crippen MR) is 61.8 cm³/mol. The van der Waals surface area contributed by atoms with Gasteiger partial charge in [-0.2, -0.15) is 0 Å². The standard InChI is InChI=1S/C9H11O4P.Ca.2H/c10-9(11)6-5-7-3-1-2-4-8(7)14(12)13;;;/h1-4,14H,5-6H2,(H,10,11)(H,12,13);;;. The molecule has 2 N–H and O–H groups in total. The molecule has 4 nitrogen and oxygen atoms in total. The van der Waals surface area contributed by atoms with Crippen LogP contribution in [0.4, 0.5) is 0 Å². The molecule has 0 heterocycles. The molecule has 1 atom stereocenters. The van der Waals surface area contributed by atoms with E-state index in [0.29, 0.717) is 17.3 Å². The number of benzene rings is 1. The molecule has 80 valence electrons. The Morgan fingerprint density at radius 1 is 1.33 bits per heavy atom. The fraction of sp³-hybridized carbons (Fsp3) is 0.222. The average molecular weight is 256 g/mol. The minimum absolute atomic E-state index is 0. The Morgan fingerprint density at radius 3 is 2.47 bits per heavy atom. The van der Waals surface area contributed by atoms with Crippen LogP contribution < -0.4 is 5.30 Å². The molecule has 0 bridgehead atoms. The van der Waals surface area contributed by atoms with E-state index in [1.807, 2.05) is 0 Å². The molecule has 1 aromatic carbocycles. The molecular formula is C9H13CaO4P. The van der Waals surface area contributed by atoms with E-state index in [1.165, 1.54) is 0 Å². The van der Waals surface area contributed by atoms with Crippen molar-refractivity contribution in [3.63, 3.8) is 0 Å². The first kappa shape index (κ1) is 15.1. The van der Waals surface area contributed by atoms with Gasteiger partial charge in [-0.25, -0.2) is 0 Å². The predicted octanol–water partition coefficient (Wildman–Crippen LogP) is -0.120. The summed E-state index contributed by atoms with van der Waals surface area (Å²) in [4.78, 5) is 19.3. The zero-order chi connectivity index (χ0) is 10.6. The van der Waals surface area contributed by atoms with Gasteiger partial charge in [0.1, 0.15) is 0 Å². The molecule has 6 heteroatoms. The van der Waals surface area contributed by atoms with Crippen molar-refractivity contribution < 1.29 is 19.4 Å². The zero-order valence-corrected chi connectivity index (χ0v) is 8.43. The molecule has 0 fully saturated rings. The Labute approximate surface area is 118 Å². The molecule has 1 aromatic rings. The minimum atomic E-state index is -2.73. The van der Waals surface area contributed by atoms with E-state index in [2.05, 4.69) is 0 Å². The number of carboxylic acids is 1. The molecule has 0 amide bonds. The van der Waals surface area contributed by atoms with Gasteiger partial charge in [-0.15, -0.1) is 0 Å². The van der Waals surface area contributed by atoms with Crippen LogP contribution in [-0.2, 0) is 15.8 Å². The molecule has 0 spiro atoms. The molecular weight excluding hydrogens is 243 g/mol. The van der Waals surface area contributed by atoms with Crippen LogP contribution in [0.15, 0.2) is 24.3 Å². The van der Waals surface area contributed by atoms with Crippen molar-refractivity contribution in [3.05, 3.63) is 29.8 Å². The van der Waals surface area contributed by atoms with Crippen LogP contribution in [-0.4, -0.2) is 53.7 Å². The van der Waals surface area contributed by atoms with Crippen LogP contribution in [0.25, 0.3) is 0 Å². The maximum absolute atomic E-state index is 10.9. The van der Waals surface area contributed by atoms with E-state index >= 15 is 0 Å². The molecule has 0 saturated carbocycles. The zero-order valence-electron chi connectivity index (χ0n) is 7.43. The molecule has 1 unspecified atom stereocenters. The van der Waals surface area contributed by atoms with Gasteiger partial charge in [-0.3, -0.25) is 9.36 Å². The molecule has 15 heavy (non-hydrogen) atoms. The van der Waals surface area contributed by atoms with Crippen molar-refractivity contribution in [2.24, 2.45) is 0 Å². The molecule has 1 rings (SSSR count). The number of carboxylic acid groups (broad SMARTS) is 1. The van der Waals surface area contributed by atoms with Gasteiger partial charge in [0.25, 0.3) is 0 Å². The van der Waals surface area contributed by atoms with Crippen LogP contribution >= 0.6 is 8.03 Å². The van der Waals surface area contributed by atoms with E-state index < -0.39 is 14.0 Å². The van der Waals surface area contributed by atoms with E-state index in [9.17, 15) is 9.36 Å². The number of aliphatic carboxylic acids is 1. The summed E-state index contributed by atoms with van der Waals surface area (Å²) in [5.41, 5.74) is 0.640. The van der Waals surface area contributed by atoms with Crippen LogP contribution in [0, 0.1) is 0 Å². The van der Waals surface area contributed by atoms with Crippen molar-refractivity contribution >= 4 is 57.0 Å². The van der Waals surface area contributed by atoms with Crippen molar-refractivity contribution in [2.45, 2.75) is 12.8 Å². The first-order chi connectivity index (χ1) is 6.61. The fourth-order valence-electron chi connectivity index (χ4n) is 1.19. The Hall–Kier alpha value is 0.140. The number of aryl methyl sites for hydroxylation is 1. The summed E-state index contributed by atoms with van der Waals surface area (Å²) >= 11 is 0. The Balaban J connectivity index is 0.00000196. The van der Waals surface area contributed by atoms with Crippen LogP contribution in [0.1, 0.15) is 12.0 Å². The van der Waals surface area contributed by atoms with Crippen LogP contribution in [0.2, 0.25) is 0 Å². The molecule has 0 aliphatic rings. The summed E-state index contributed by atoms with van der Waals surface area (Å²) < 4.78 is 10.9. The molecule has 0 saturated heterocycles. The van der Waals surface area contributed by atoms with Crippen molar-refractivity contribution in [1.82, 2.24) is 0 Å².